The number of unbranched alkanes of at least 4 members (excludes halogenated alkanes) is 14. The second kappa shape index (κ2) is 21.8. The van der Waals surface area contributed by atoms with Crippen molar-refractivity contribution in [2.45, 2.75) is 142 Å². The maximum Gasteiger partial charge on any atom is 0.327 e. The maximum absolute atomic E-state index is 7.16. The summed E-state index contributed by atoms with van der Waals surface area (Å²) < 4.78 is 26.0. The smallest absolute Gasteiger partial charge is 0.327 e. The number of benzene rings is 1. The van der Waals surface area contributed by atoms with E-state index in [1.54, 1.807) is 7.11 Å². The van der Waals surface area contributed by atoms with Gasteiger partial charge in [-0.2, -0.15) is 0 Å². The lowest BCUT2D eigenvalue weighted by Crippen LogP contribution is -2.55. The first-order chi connectivity index (χ1) is 23.5. The fourth-order valence-corrected chi connectivity index (χ4v) is 9.77. The first-order valence-corrected chi connectivity index (χ1v) is 21.9. The number of ether oxygens (including phenoxy) is 1. The molecule has 3 aliphatic heterocycles. The third-order valence-corrected chi connectivity index (χ3v) is 12.9. The van der Waals surface area contributed by atoms with Crippen molar-refractivity contribution in [1.82, 2.24) is 9.88 Å². The van der Waals surface area contributed by atoms with Crippen LogP contribution in [0.2, 0.25) is 0 Å². The van der Waals surface area contributed by atoms with Gasteiger partial charge in [0.25, 0.3) is 0 Å². The Morgan fingerprint density at radius 2 is 1.50 bits per heavy atom. The maximum atomic E-state index is 7.16. The zero-order chi connectivity index (χ0) is 34.0. The molecule has 270 valence electrons. The first-order valence-electron chi connectivity index (χ1n) is 19.4. The SMILES string of the molecule is C=CC1CN2CCC1CC2C(OP(=S)(OCCCCCCCCCC)OCCCCCCCCCC)c1ccnc2ccc(OC)cc12. The molecule has 48 heavy (non-hydrogen) atoms. The number of fused-ring (bicyclic) bond motifs is 4. The van der Waals surface area contributed by atoms with E-state index in [0.717, 1.165) is 67.4 Å². The van der Waals surface area contributed by atoms with Gasteiger partial charge in [-0.25, -0.2) is 0 Å². The van der Waals surface area contributed by atoms with E-state index >= 15 is 0 Å². The molecule has 0 radical (unpaired) electrons. The van der Waals surface area contributed by atoms with Crippen molar-refractivity contribution >= 4 is 29.4 Å². The summed E-state index contributed by atoms with van der Waals surface area (Å²) in [7, 11) is 1.71. The lowest BCUT2D eigenvalue weighted by atomic mass is 9.73. The van der Waals surface area contributed by atoms with E-state index in [1.165, 1.54) is 83.5 Å². The van der Waals surface area contributed by atoms with Gasteiger partial charge in [0.2, 0.25) is 0 Å². The second-order valence-electron chi connectivity index (χ2n) is 14.1. The first kappa shape index (κ1) is 39.4. The van der Waals surface area contributed by atoms with Crippen molar-refractivity contribution in [3.63, 3.8) is 0 Å². The number of hydrogen-bond acceptors (Lipinski definition) is 7. The standard InChI is InChI=1S/C40H65N2O4PS/c1-5-8-10-12-14-16-18-20-28-44-47(48,45-29-21-19-17-15-13-11-9-6-2)46-40(39-30-34-25-27-42(39)32-33(34)7-3)36-24-26-41-38-23-22-35(43-4)31-37(36)38/h7,22-24,26,31,33-34,39-40H,3,5-6,8-21,25,27-30,32H2,1-2,4H3. The van der Waals surface area contributed by atoms with Gasteiger partial charge in [0.1, 0.15) is 11.9 Å². The Hall–Kier alpha value is -1.34. The Morgan fingerprint density at radius 3 is 2.04 bits per heavy atom. The average Bonchev–Trinajstić information content (AvgIpc) is 3.12. The summed E-state index contributed by atoms with van der Waals surface area (Å²) in [6, 6.07) is 8.38. The fraction of sp³-hybridized carbons (Fsp3) is 0.725. The quantitative estimate of drug-likeness (QED) is 0.0550. The monoisotopic (exact) mass is 700 g/mol. The molecule has 0 saturated carbocycles. The molecule has 4 heterocycles. The minimum atomic E-state index is -3.05. The summed E-state index contributed by atoms with van der Waals surface area (Å²) in [6.45, 7) is 8.88. The summed E-state index contributed by atoms with van der Waals surface area (Å²) in [6.07, 6.45) is 25.9. The summed E-state index contributed by atoms with van der Waals surface area (Å²) in [5, 5.41) is 1.04. The Morgan fingerprint density at radius 1 is 0.896 bits per heavy atom. The van der Waals surface area contributed by atoms with Gasteiger partial charge in [0.05, 0.1) is 25.8 Å². The molecule has 6 nitrogen and oxygen atoms in total. The molecule has 0 spiro atoms. The summed E-state index contributed by atoms with van der Waals surface area (Å²) in [5.41, 5.74) is 2.02. The van der Waals surface area contributed by atoms with E-state index in [4.69, 9.17) is 35.1 Å². The zero-order valence-corrected chi connectivity index (χ0v) is 32.1. The van der Waals surface area contributed by atoms with Gasteiger partial charge in [-0.3, -0.25) is 14.4 Å². The zero-order valence-electron chi connectivity index (χ0n) is 30.4. The molecule has 0 N–H and O–H groups in total. The lowest BCUT2D eigenvalue weighted by molar-refractivity contribution is -0.0426. The molecule has 3 aliphatic rings. The highest BCUT2D eigenvalue weighted by Crippen LogP contribution is 2.57. The van der Waals surface area contributed by atoms with Crippen LogP contribution in [-0.2, 0) is 25.4 Å². The highest BCUT2D eigenvalue weighted by atomic mass is 32.5. The molecule has 3 saturated heterocycles. The highest BCUT2D eigenvalue weighted by Gasteiger charge is 2.45. The van der Waals surface area contributed by atoms with Crippen LogP contribution in [0.4, 0.5) is 0 Å². The molecule has 5 rings (SSSR count). The van der Waals surface area contributed by atoms with E-state index in [2.05, 4.69) is 43.5 Å². The third-order valence-electron chi connectivity index (χ3n) is 10.5. The van der Waals surface area contributed by atoms with Gasteiger partial charge >= 0.3 is 6.72 Å². The Bertz CT molecular complexity index is 1230. The van der Waals surface area contributed by atoms with E-state index in [9.17, 15) is 0 Å². The molecule has 1 aromatic heterocycles. The van der Waals surface area contributed by atoms with Crippen LogP contribution in [0.3, 0.4) is 0 Å². The molecule has 5 unspecified atom stereocenters. The number of methoxy groups -OCH3 is 1. The number of pyridine rings is 1. The van der Waals surface area contributed by atoms with Crippen molar-refractivity contribution in [3.8, 4) is 5.75 Å². The van der Waals surface area contributed by atoms with Crippen molar-refractivity contribution in [2.75, 3.05) is 33.4 Å². The van der Waals surface area contributed by atoms with Gasteiger partial charge in [-0.1, -0.05) is 110 Å². The van der Waals surface area contributed by atoms with Crippen molar-refractivity contribution in [3.05, 3.63) is 48.7 Å². The van der Waals surface area contributed by atoms with E-state index < -0.39 is 6.72 Å². The number of aromatic nitrogens is 1. The van der Waals surface area contributed by atoms with Gasteiger partial charge in [-0.05, 0) is 85.7 Å². The predicted octanol–water partition coefficient (Wildman–Crippen LogP) is 11.7. The fourth-order valence-electron chi connectivity index (χ4n) is 7.61. The molecule has 5 atom stereocenters. The van der Waals surface area contributed by atoms with E-state index in [1.807, 2.05) is 18.3 Å². The Kier molecular flexibility index (Phi) is 17.9. The van der Waals surface area contributed by atoms with Crippen LogP contribution in [-0.4, -0.2) is 49.3 Å². The number of nitrogens with zero attached hydrogens (tertiary/aromatic N) is 2. The molecule has 2 bridgehead atoms. The van der Waals surface area contributed by atoms with E-state index in [0.29, 0.717) is 25.0 Å². The van der Waals surface area contributed by atoms with E-state index in [-0.39, 0.29) is 12.1 Å². The minimum absolute atomic E-state index is 0.178. The summed E-state index contributed by atoms with van der Waals surface area (Å²) in [5.74, 6) is 1.93. The van der Waals surface area contributed by atoms with Crippen LogP contribution in [0.1, 0.15) is 141 Å². The summed E-state index contributed by atoms with van der Waals surface area (Å²) in [4.78, 5) is 7.30. The molecule has 3 fully saturated rings. The average molecular weight is 701 g/mol. The highest BCUT2D eigenvalue weighted by molar-refractivity contribution is 8.07. The molecular weight excluding hydrogens is 635 g/mol. The van der Waals surface area contributed by atoms with Crippen LogP contribution >= 0.6 is 6.72 Å². The van der Waals surface area contributed by atoms with Crippen LogP contribution in [0, 0.1) is 11.8 Å². The molecule has 0 amide bonds. The van der Waals surface area contributed by atoms with Crippen LogP contribution < -0.4 is 4.74 Å². The third kappa shape index (κ3) is 12.2. The van der Waals surface area contributed by atoms with Crippen LogP contribution in [0.15, 0.2) is 43.1 Å². The Labute approximate surface area is 298 Å². The lowest BCUT2D eigenvalue weighted by Gasteiger charge is -2.51. The largest absolute Gasteiger partial charge is 0.497 e. The van der Waals surface area contributed by atoms with Crippen molar-refractivity contribution < 1.29 is 18.3 Å². The topological polar surface area (TPSA) is 53.1 Å². The van der Waals surface area contributed by atoms with Gasteiger partial charge in [-0.15, -0.1) is 6.58 Å². The van der Waals surface area contributed by atoms with Crippen LogP contribution in [0.5, 0.6) is 5.75 Å². The molecule has 8 heteroatoms. The molecule has 2 aromatic rings. The second-order valence-corrected chi connectivity index (χ2v) is 17.1. The number of hydrogen-bond donors (Lipinski definition) is 0. The summed E-state index contributed by atoms with van der Waals surface area (Å²) >= 11 is 6.32. The van der Waals surface area contributed by atoms with Gasteiger partial charge in [0.15, 0.2) is 0 Å². The van der Waals surface area contributed by atoms with Gasteiger partial charge < -0.3 is 13.8 Å². The molecule has 1 aromatic carbocycles. The van der Waals surface area contributed by atoms with Crippen molar-refractivity contribution in [1.29, 1.82) is 0 Å². The molecule has 0 aliphatic carbocycles. The Balaban J connectivity index is 1.50. The minimum Gasteiger partial charge on any atom is -0.497 e. The van der Waals surface area contributed by atoms with Crippen LogP contribution in [0.25, 0.3) is 10.9 Å². The predicted molar refractivity (Wildman–Crippen MR) is 205 cm³/mol. The molecular formula is C40H65N2O4PS. The van der Waals surface area contributed by atoms with Crippen molar-refractivity contribution in [2.24, 2.45) is 11.8 Å². The normalized spacial score (nSPS) is 21.5. The number of piperidine rings is 3. The number of rotatable bonds is 26. The van der Waals surface area contributed by atoms with Gasteiger partial charge in [0, 0.05) is 24.2 Å².